The lowest BCUT2D eigenvalue weighted by molar-refractivity contribution is 0.102. The van der Waals surface area contributed by atoms with Crippen LogP contribution in [0.25, 0.3) is 22.4 Å². The van der Waals surface area contributed by atoms with Crippen molar-refractivity contribution in [2.45, 2.75) is 19.8 Å². The van der Waals surface area contributed by atoms with Gasteiger partial charge in [-0.15, -0.1) is 0 Å². The molecular formula is C20H18BrN5O. The van der Waals surface area contributed by atoms with Crippen LogP contribution in [0, 0.1) is 0 Å². The van der Waals surface area contributed by atoms with Gasteiger partial charge in [0.15, 0.2) is 5.69 Å². The lowest BCUT2D eigenvalue weighted by Crippen LogP contribution is -2.14. The summed E-state index contributed by atoms with van der Waals surface area (Å²) >= 11 is 3.48. The second-order valence-corrected chi connectivity index (χ2v) is 7.35. The fourth-order valence-corrected chi connectivity index (χ4v) is 3.75. The molecule has 2 aromatic carbocycles. The zero-order valence-electron chi connectivity index (χ0n) is 14.9. The van der Waals surface area contributed by atoms with Crippen LogP contribution < -0.4 is 5.32 Å². The number of aromatic amines is 2. The zero-order chi connectivity index (χ0) is 19.0. The molecule has 0 unspecified atom stereocenters. The normalized spacial score (nSPS) is 11.3. The highest BCUT2D eigenvalue weighted by Crippen LogP contribution is 2.30. The van der Waals surface area contributed by atoms with Crippen molar-refractivity contribution >= 4 is 38.6 Å². The number of aromatic nitrogens is 4. The van der Waals surface area contributed by atoms with Crippen molar-refractivity contribution < 1.29 is 4.79 Å². The van der Waals surface area contributed by atoms with Gasteiger partial charge in [-0.3, -0.25) is 9.89 Å². The first-order valence-electron chi connectivity index (χ1n) is 8.64. The van der Waals surface area contributed by atoms with Crippen LogP contribution >= 0.6 is 15.9 Å². The molecule has 0 radical (unpaired) electrons. The number of H-pyrrole nitrogens is 2. The molecule has 6 nitrogen and oxygen atoms in total. The highest BCUT2D eigenvalue weighted by molar-refractivity contribution is 9.10. The van der Waals surface area contributed by atoms with Gasteiger partial charge in [-0.1, -0.05) is 38.1 Å². The number of imidazole rings is 1. The predicted molar refractivity (Wildman–Crippen MR) is 110 cm³/mol. The Morgan fingerprint density at radius 2 is 1.85 bits per heavy atom. The van der Waals surface area contributed by atoms with Crippen molar-refractivity contribution in [1.29, 1.82) is 0 Å². The summed E-state index contributed by atoms with van der Waals surface area (Å²) in [4.78, 5) is 20.7. The van der Waals surface area contributed by atoms with E-state index in [4.69, 9.17) is 0 Å². The van der Waals surface area contributed by atoms with Gasteiger partial charge in [0.05, 0.1) is 26.9 Å². The Kier molecular flexibility index (Phi) is 4.53. The number of carbonyl (C=O) groups excluding carboxylic acids is 1. The third-order valence-corrected chi connectivity index (χ3v) is 5.15. The second kappa shape index (κ2) is 7.00. The Morgan fingerprint density at radius 3 is 2.59 bits per heavy atom. The smallest absolute Gasteiger partial charge is 0.277 e. The maximum atomic E-state index is 12.8. The van der Waals surface area contributed by atoms with E-state index in [0.29, 0.717) is 21.7 Å². The van der Waals surface area contributed by atoms with Crippen molar-refractivity contribution in [1.82, 2.24) is 20.2 Å². The summed E-state index contributed by atoms with van der Waals surface area (Å²) in [7, 11) is 0. The van der Waals surface area contributed by atoms with E-state index in [2.05, 4.69) is 41.4 Å². The van der Waals surface area contributed by atoms with Gasteiger partial charge in [0.25, 0.3) is 5.91 Å². The molecule has 0 saturated heterocycles. The highest BCUT2D eigenvalue weighted by atomic mass is 79.9. The molecule has 0 aliphatic heterocycles. The molecule has 136 valence electrons. The predicted octanol–water partition coefficient (Wildman–Crippen LogP) is 5.09. The average Bonchev–Trinajstić information content (AvgIpc) is 3.25. The number of rotatable bonds is 4. The van der Waals surface area contributed by atoms with Gasteiger partial charge < -0.3 is 10.3 Å². The van der Waals surface area contributed by atoms with Gasteiger partial charge in [0.1, 0.15) is 5.82 Å². The molecule has 1 amide bonds. The van der Waals surface area contributed by atoms with Crippen molar-refractivity contribution in [2.75, 3.05) is 5.32 Å². The van der Waals surface area contributed by atoms with Gasteiger partial charge in [-0.25, -0.2) is 4.98 Å². The molecule has 4 rings (SSSR count). The molecule has 3 N–H and O–H groups in total. The number of hydrogen-bond acceptors (Lipinski definition) is 3. The van der Waals surface area contributed by atoms with Gasteiger partial charge in [0, 0.05) is 5.56 Å². The lowest BCUT2D eigenvalue weighted by Gasteiger charge is -2.09. The number of carbonyl (C=O) groups is 1. The molecule has 0 bridgehead atoms. The van der Waals surface area contributed by atoms with E-state index >= 15 is 0 Å². The molecule has 2 heterocycles. The van der Waals surface area contributed by atoms with E-state index in [1.807, 2.05) is 62.4 Å². The number of amides is 1. The first-order chi connectivity index (χ1) is 13.0. The summed E-state index contributed by atoms with van der Waals surface area (Å²) < 4.78 is 0.691. The van der Waals surface area contributed by atoms with E-state index in [1.54, 1.807) is 0 Å². The molecule has 27 heavy (non-hydrogen) atoms. The number of nitrogens with one attached hydrogen (secondary N) is 3. The van der Waals surface area contributed by atoms with Crippen LogP contribution in [0.5, 0.6) is 0 Å². The van der Waals surface area contributed by atoms with Gasteiger partial charge in [0.2, 0.25) is 0 Å². The monoisotopic (exact) mass is 423 g/mol. The average molecular weight is 424 g/mol. The number of para-hydroxylation sites is 3. The van der Waals surface area contributed by atoms with Gasteiger partial charge >= 0.3 is 0 Å². The minimum Gasteiger partial charge on any atom is -0.338 e. The van der Waals surface area contributed by atoms with Crippen molar-refractivity contribution in [3.05, 3.63) is 64.4 Å². The third-order valence-electron chi connectivity index (χ3n) is 4.34. The van der Waals surface area contributed by atoms with E-state index in [1.165, 1.54) is 0 Å². The van der Waals surface area contributed by atoms with E-state index in [9.17, 15) is 4.79 Å². The van der Waals surface area contributed by atoms with Gasteiger partial charge in [-0.05, 0) is 46.1 Å². The first-order valence-corrected chi connectivity index (χ1v) is 9.43. The third kappa shape index (κ3) is 3.26. The first kappa shape index (κ1) is 17.5. The van der Waals surface area contributed by atoms with Crippen molar-refractivity contribution in [2.24, 2.45) is 0 Å². The Hall–Kier alpha value is -2.93. The van der Waals surface area contributed by atoms with Crippen LogP contribution in [0.2, 0.25) is 0 Å². The Morgan fingerprint density at radius 1 is 1.11 bits per heavy atom. The van der Waals surface area contributed by atoms with Crippen molar-refractivity contribution in [3.8, 4) is 11.4 Å². The summed E-state index contributed by atoms with van der Waals surface area (Å²) in [5, 5.41) is 10.0. The van der Waals surface area contributed by atoms with Crippen LogP contribution in [-0.2, 0) is 0 Å². The van der Waals surface area contributed by atoms with E-state index in [0.717, 1.165) is 22.3 Å². The summed E-state index contributed by atoms with van der Waals surface area (Å²) in [6.07, 6.45) is 0. The molecule has 0 aliphatic carbocycles. The minimum absolute atomic E-state index is 0.233. The molecule has 0 atom stereocenters. The molecule has 0 aliphatic rings. The Bertz CT molecular complexity index is 1100. The summed E-state index contributed by atoms with van der Waals surface area (Å²) in [5.41, 5.74) is 4.54. The quantitative estimate of drug-likeness (QED) is 0.427. The highest BCUT2D eigenvalue weighted by Gasteiger charge is 2.20. The van der Waals surface area contributed by atoms with Crippen LogP contribution in [0.3, 0.4) is 0 Å². The van der Waals surface area contributed by atoms with E-state index in [-0.39, 0.29) is 11.8 Å². The fraction of sp³-hybridized carbons (Fsp3) is 0.150. The maximum absolute atomic E-state index is 12.8. The SMILES string of the molecule is CC(C)c1[nH]nc(C(=O)Nc2ccccc2-c2nc3ccccc3[nH]2)c1Br. The topological polar surface area (TPSA) is 86.5 Å². The summed E-state index contributed by atoms with van der Waals surface area (Å²) in [6.45, 7) is 4.08. The number of anilines is 1. The lowest BCUT2D eigenvalue weighted by atomic mass is 10.1. The fourth-order valence-electron chi connectivity index (χ4n) is 2.94. The van der Waals surface area contributed by atoms with Crippen LogP contribution in [0.4, 0.5) is 5.69 Å². The zero-order valence-corrected chi connectivity index (χ0v) is 16.5. The maximum Gasteiger partial charge on any atom is 0.277 e. The molecule has 4 aromatic rings. The van der Waals surface area contributed by atoms with E-state index < -0.39 is 0 Å². The minimum atomic E-state index is -0.284. The standard InChI is InChI=1S/C20H18BrN5O/c1-11(2)17-16(21)18(26-25-17)20(27)24-13-8-4-3-7-12(13)19-22-14-9-5-6-10-15(14)23-19/h3-11H,1-2H3,(H,22,23)(H,24,27)(H,25,26). The van der Waals surface area contributed by atoms with Crippen LogP contribution in [-0.4, -0.2) is 26.1 Å². The summed E-state index contributed by atoms with van der Waals surface area (Å²) in [6, 6.07) is 15.4. The second-order valence-electron chi connectivity index (χ2n) is 6.56. The Balaban J connectivity index is 1.68. The number of fused-ring (bicyclic) bond motifs is 1. The number of hydrogen-bond donors (Lipinski definition) is 3. The number of nitrogens with zero attached hydrogens (tertiary/aromatic N) is 2. The van der Waals surface area contributed by atoms with Crippen molar-refractivity contribution in [3.63, 3.8) is 0 Å². The molecule has 0 saturated carbocycles. The Labute approximate surface area is 164 Å². The largest absolute Gasteiger partial charge is 0.338 e. The molecular weight excluding hydrogens is 406 g/mol. The molecule has 0 fully saturated rings. The molecule has 2 aromatic heterocycles. The number of benzene rings is 2. The van der Waals surface area contributed by atoms with Crippen LogP contribution in [0.15, 0.2) is 53.0 Å². The summed E-state index contributed by atoms with van der Waals surface area (Å²) in [5.74, 6) is 0.654. The molecule has 7 heteroatoms. The number of halogens is 1. The molecule has 0 spiro atoms. The van der Waals surface area contributed by atoms with Gasteiger partial charge in [-0.2, -0.15) is 5.10 Å². The van der Waals surface area contributed by atoms with Crippen LogP contribution in [0.1, 0.15) is 35.9 Å².